The third-order valence-corrected chi connectivity index (χ3v) is 2.15. The quantitative estimate of drug-likeness (QED) is 0.594. The van der Waals surface area contributed by atoms with Crippen LogP contribution in [0.2, 0.25) is 0 Å². The number of fused-ring (bicyclic) bond motifs is 1. The van der Waals surface area contributed by atoms with Crippen molar-refractivity contribution in [3.05, 3.63) is 41.2 Å². The van der Waals surface area contributed by atoms with E-state index in [-0.39, 0.29) is 11.6 Å². The van der Waals surface area contributed by atoms with Gasteiger partial charge in [0.05, 0.1) is 0 Å². The molecule has 0 aliphatic heterocycles. The lowest BCUT2D eigenvalue weighted by Crippen LogP contribution is -1.99. The summed E-state index contributed by atoms with van der Waals surface area (Å²) in [6.07, 6.45) is 4.98. The molecule has 1 aliphatic rings. The molecule has 0 radical (unpaired) electrons. The number of benzene rings is 1. The number of carbonyl (C=O) groups excluding carboxylic acids is 1. The summed E-state index contributed by atoms with van der Waals surface area (Å²) in [7, 11) is 0. The van der Waals surface area contributed by atoms with Gasteiger partial charge in [0.15, 0.2) is 5.78 Å². The van der Waals surface area contributed by atoms with Gasteiger partial charge in [0, 0.05) is 12.0 Å². The Balaban J connectivity index is 2.57. The van der Waals surface area contributed by atoms with Gasteiger partial charge in [-0.2, -0.15) is 0 Å². The largest absolute Gasteiger partial charge is 0.294 e. The number of hydrogen-bond acceptors (Lipinski definition) is 1. The van der Waals surface area contributed by atoms with Crippen LogP contribution in [0.5, 0.6) is 0 Å². The Kier molecular flexibility index (Phi) is 1.97. The van der Waals surface area contributed by atoms with Crippen molar-refractivity contribution in [2.24, 2.45) is 0 Å². The first-order valence-electron chi connectivity index (χ1n) is 4.26. The summed E-state index contributed by atoms with van der Waals surface area (Å²) in [6.45, 7) is 0. The Morgan fingerprint density at radius 1 is 1.31 bits per heavy atom. The maximum Gasteiger partial charge on any atom is 0.163 e. The van der Waals surface area contributed by atoms with E-state index in [1.165, 1.54) is 12.1 Å². The van der Waals surface area contributed by atoms with Crippen LogP contribution in [0.25, 0.3) is 6.08 Å². The van der Waals surface area contributed by atoms with Gasteiger partial charge in [-0.05, 0) is 30.2 Å². The molecule has 0 aromatic heterocycles. The molecule has 0 saturated carbocycles. The molecule has 0 bridgehead atoms. The molecule has 1 aliphatic carbocycles. The summed E-state index contributed by atoms with van der Waals surface area (Å²) in [5.41, 5.74) is 1.33. The van der Waals surface area contributed by atoms with E-state index in [1.807, 2.05) is 12.2 Å². The fourth-order valence-corrected chi connectivity index (χ4v) is 1.48. The van der Waals surface area contributed by atoms with Crippen molar-refractivity contribution in [2.45, 2.75) is 12.8 Å². The molecule has 0 saturated heterocycles. The van der Waals surface area contributed by atoms with E-state index in [9.17, 15) is 9.18 Å². The number of rotatable bonds is 0. The molecule has 2 rings (SSSR count). The van der Waals surface area contributed by atoms with Crippen LogP contribution in [0.1, 0.15) is 28.8 Å². The van der Waals surface area contributed by atoms with Gasteiger partial charge < -0.3 is 0 Å². The molecule has 0 amide bonds. The maximum atomic E-state index is 12.8. The first-order chi connectivity index (χ1) is 6.27. The van der Waals surface area contributed by atoms with Gasteiger partial charge >= 0.3 is 0 Å². The number of halogens is 1. The molecule has 13 heavy (non-hydrogen) atoms. The van der Waals surface area contributed by atoms with Crippen LogP contribution in [0, 0.1) is 5.82 Å². The Morgan fingerprint density at radius 2 is 2.15 bits per heavy atom. The van der Waals surface area contributed by atoms with Crippen LogP contribution < -0.4 is 0 Å². The Morgan fingerprint density at radius 3 is 3.00 bits per heavy atom. The fourth-order valence-electron chi connectivity index (χ4n) is 1.48. The second-order valence-corrected chi connectivity index (χ2v) is 3.10. The Bertz CT molecular complexity index is 380. The molecule has 1 nitrogen and oxygen atoms in total. The van der Waals surface area contributed by atoms with Crippen LogP contribution in [0.15, 0.2) is 24.3 Å². The summed E-state index contributed by atoms with van der Waals surface area (Å²) in [5.74, 6) is -0.196. The highest BCUT2D eigenvalue weighted by Crippen LogP contribution is 2.19. The van der Waals surface area contributed by atoms with Crippen molar-refractivity contribution in [2.75, 3.05) is 0 Å². The van der Waals surface area contributed by atoms with Crippen molar-refractivity contribution in [1.29, 1.82) is 0 Å². The first-order valence-corrected chi connectivity index (χ1v) is 4.26. The van der Waals surface area contributed by atoms with Crippen molar-refractivity contribution in [3.8, 4) is 0 Å². The third-order valence-electron chi connectivity index (χ3n) is 2.15. The molecule has 2 heteroatoms. The van der Waals surface area contributed by atoms with E-state index in [2.05, 4.69) is 0 Å². The molecule has 1 aromatic rings. The van der Waals surface area contributed by atoms with Gasteiger partial charge in [-0.15, -0.1) is 0 Å². The highest BCUT2D eigenvalue weighted by Gasteiger charge is 2.12. The van der Waals surface area contributed by atoms with Gasteiger partial charge in [-0.3, -0.25) is 4.79 Å². The van der Waals surface area contributed by atoms with Crippen LogP contribution in [0.3, 0.4) is 0 Å². The standard InChI is InChI=1S/C11H9FO/c12-9-5-6-10-8(7-9)3-1-2-4-11(10)13/h1,3,5-7H,2,4H2. The molecule has 1 aromatic carbocycles. The zero-order valence-corrected chi connectivity index (χ0v) is 7.09. The molecule has 0 spiro atoms. The predicted molar refractivity (Wildman–Crippen MR) is 49.0 cm³/mol. The normalized spacial score (nSPS) is 15.3. The lowest BCUT2D eigenvalue weighted by molar-refractivity contribution is 0.0984. The second kappa shape index (κ2) is 3.13. The van der Waals surface area contributed by atoms with E-state index in [1.54, 1.807) is 6.07 Å². The van der Waals surface area contributed by atoms with Gasteiger partial charge in [-0.25, -0.2) is 4.39 Å². The molecule has 0 unspecified atom stereocenters. The zero-order valence-electron chi connectivity index (χ0n) is 7.09. The van der Waals surface area contributed by atoms with E-state index in [4.69, 9.17) is 0 Å². The van der Waals surface area contributed by atoms with Crippen molar-refractivity contribution < 1.29 is 9.18 Å². The molecule has 0 N–H and O–H groups in total. The van der Waals surface area contributed by atoms with Crippen LogP contribution in [-0.4, -0.2) is 5.78 Å². The summed E-state index contributed by atoms with van der Waals surface area (Å²) in [5, 5.41) is 0. The Hall–Kier alpha value is -1.44. The monoisotopic (exact) mass is 176 g/mol. The van der Waals surface area contributed by atoms with Gasteiger partial charge in [0.2, 0.25) is 0 Å². The Labute approximate surface area is 75.9 Å². The van der Waals surface area contributed by atoms with E-state index in [0.717, 1.165) is 6.42 Å². The summed E-state index contributed by atoms with van der Waals surface area (Å²) >= 11 is 0. The maximum absolute atomic E-state index is 12.8. The average molecular weight is 176 g/mol. The average Bonchev–Trinajstić information content (AvgIpc) is 2.28. The predicted octanol–water partition coefficient (Wildman–Crippen LogP) is 2.82. The van der Waals surface area contributed by atoms with Gasteiger partial charge in [0.1, 0.15) is 5.82 Å². The zero-order chi connectivity index (χ0) is 9.26. The van der Waals surface area contributed by atoms with Crippen molar-refractivity contribution in [1.82, 2.24) is 0 Å². The minimum absolute atomic E-state index is 0.0972. The highest BCUT2D eigenvalue weighted by molar-refractivity contribution is 6.00. The number of Topliss-reactive ketones (excluding diaryl/α,β-unsaturated/α-hetero) is 1. The smallest absolute Gasteiger partial charge is 0.163 e. The summed E-state index contributed by atoms with van der Waals surface area (Å²) in [6, 6.07) is 4.29. The molecular weight excluding hydrogens is 167 g/mol. The molecule has 0 atom stereocenters. The van der Waals surface area contributed by atoms with Crippen molar-refractivity contribution >= 4 is 11.9 Å². The minimum Gasteiger partial charge on any atom is -0.294 e. The van der Waals surface area contributed by atoms with Gasteiger partial charge in [-0.1, -0.05) is 12.2 Å². The lowest BCUT2D eigenvalue weighted by atomic mass is 10.0. The minimum atomic E-state index is -0.293. The fraction of sp³-hybridized carbons (Fsp3) is 0.182. The van der Waals surface area contributed by atoms with Gasteiger partial charge in [0.25, 0.3) is 0 Å². The van der Waals surface area contributed by atoms with Crippen LogP contribution in [0.4, 0.5) is 4.39 Å². The molecule has 0 fully saturated rings. The molecule has 0 heterocycles. The topological polar surface area (TPSA) is 17.1 Å². The summed E-state index contributed by atoms with van der Waals surface area (Å²) < 4.78 is 12.8. The van der Waals surface area contributed by atoms with Crippen LogP contribution in [-0.2, 0) is 0 Å². The van der Waals surface area contributed by atoms with E-state index in [0.29, 0.717) is 17.5 Å². The van der Waals surface area contributed by atoms with E-state index < -0.39 is 0 Å². The second-order valence-electron chi connectivity index (χ2n) is 3.10. The van der Waals surface area contributed by atoms with Crippen LogP contribution >= 0.6 is 0 Å². The first kappa shape index (κ1) is 8.17. The number of hydrogen-bond donors (Lipinski definition) is 0. The lowest BCUT2D eigenvalue weighted by Gasteiger charge is -2.01. The van der Waals surface area contributed by atoms with E-state index >= 15 is 0 Å². The summed E-state index contributed by atoms with van der Waals surface area (Å²) in [4.78, 5) is 11.5. The molecular formula is C11H9FO. The number of carbonyl (C=O) groups is 1. The molecule has 66 valence electrons. The SMILES string of the molecule is O=C1CCC=Cc2cc(F)ccc21. The number of allylic oxidation sites excluding steroid dienone is 1. The third kappa shape index (κ3) is 1.52. The number of ketones is 1. The highest BCUT2D eigenvalue weighted by atomic mass is 19.1. The van der Waals surface area contributed by atoms with Crippen molar-refractivity contribution in [3.63, 3.8) is 0 Å².